The number of nitrogens with one attached hydrogen (secondary N) is 2. The van der Waals surface area contributed by atoms with Gasteiger partial charge in [-0.05, 0) is 78.9 Å². The second-order valence-corrected chi connectivity index (χ2v) is 14.4. The molecular weight excluding hydrogens is 704 g/mol. The molecule has 0 saturated carbocycles. The first-order chi connectivity index (χ1) is 26.8. The lowest BCUT2D eigenvalue weighted by Crippen LogP contribution is -2.52. The number of pyridine rings is 1. The number of imidazole rings is 1. The number of hydrogen-bond donors (Lipinski definition) is 2. The van der Waals surface area contributed by atoms with Crippen molar-refractivity contribution in [3.63, 3.8) is 0 Å². The largest absolute Gasteiger partial charge is 0.376 e. The van der Waals surface area contributed by atoms with Gasteiger partial charge in [-0.15, -0.1) is 5.10 Å². The average Bonchev–Trinajstić information content (AvgIpc) is 3.95. The monoisotopic (exact) mass is 742 g/mol. The molecule has 5 aromatic rings. The van der Waals surface area contributed by atoms with E-state index in [4.69, 9.17) is 10.1 Å². The summed E-state index contributed by atoms with van der Waals surface area (Å²) in [6.07, 6.45) is 4.19. The Morgan fingerprint density at radius 2 is 1.73 bits per heavy atom. The Morgan fingerprint density at radius 1 is 0.873 bits per heavy atom. The van der Waals surface area contributed by atoms with Crippen molar-refractivity contribution in [3.8, 4) is 11.4 Å². The zero-order valence-electron chi connectivity index (χ0n) is 30.0. The lowest BCUT2D eigenvalue weighted by Gasteiger charge is -2.35. The van der Waals surface area contributed by atoms with Crippen LogP contribution in [0.5, 0.6) is 0 Å². The number of hydrogen-bond acceptors (Lipinski definition) is 10. The summed E-state index contributed by atoms with van der Waals surface area (Å²) in [5.41, 5.74) is 5.08. The van der Waals surface area contributed by atoms with Gasteiger partial charge in [0, 0.05) is 56.9 Å². The fourth-order valence-corrected chi connectivity index (χ4v) is 8.17. The maximum absolute atomic E-state index is 14.1. The van der Waals surface area contributed by atoms with Gasteiger partial charge in [-0.3, -0.25) is 24.5 Å². The van der Waals surface area contributed by atoms with E-state index in [-0.39, 0.29) is 42.5 Å². The van der Waals surface area contributed by atoms with Crippen LogP contribution in [0.25, 0.3) is 17.0 Å². The third-order valence-electron chi connectivity index (χ3n) is 11.1. The normalized spacial score (nSPS) is 20.0. The quantitative estimate of drug-likeness (QED) is 0.225. The summed E-state index contributed by atoms with van der Waals surface area (Å²) in [5, 5.41) is 10.5. The highest BCUT2D eigenvalue weighted by Gasteiger charge is 2.39. The van der Waals surface area contributed by atoms with Crippen molar-refractivity contribution in [3.05, 3.63) is 102 Å². The minimum absolute atomic E-state index is 0.0417. The Balaban J connectivity index is 0.824. The molecule has 15 heteroatoms. The highest BCUT2D eigenvalue weighted by atomic mass is 19.1. The summed E-state index contributed by atoms with van der Waals surface area (Å²) in [4.78, 5) is 67.7. The summed E-state index contributed by atoms with van der Waals surface area (Å²) < 4.78 is 15.9. The van der Waals surface area contributed by atoms with Gasteiger partial charge in [0.25, 0.3) is 5.91 Å². The number of anilines is 3. The van der Waals surface area contributed by atoms with Crippen LogP contribution in [0.2, 0.25) is 0 Å². The van der Waals surface area contributed by atoms with Crippen LogP contribution in [-0.4, -0.2) is 98.3 Å². The number of fused-ring (bicyclic) bond motifs is 2. The van der Waals surface area contributed by atoms with Crippen LogP contribution in [0.3, 0.4) is 0 Å². The standard InChI is InChI=1S/C40H39FN10O4/c41-27-5-1-4-25(20-27)31-7-3-15-49(31)36-13-12-34-43-22-33(51(34)46-36)30-6-2-8-35(44-30)47-16-18-48(19-17-47)38(53)23-42-28-10-9-26-24-50(40(55)29(26)21-28)32-11-14-37(52)45-39(32)54/h1-2,4-6,8-10,12-13,20-22,31-32,42H,3,7,11,14-19,23-24H2,(H,45,52,54). The van der Waals surface area contributed by atoms with Gasteiger partial charge in [-0.1, -0.05) is 24.3 Å². The number of aromatic nitrogens is 4. The second-order valence-electron chi connectivity index (χ2n) is 14.4. The van der Waals surface area contributed by atoms with Gasteiger partial charge in [0.1, 0.15) is 29.2 Å². The summed E-state index contributed by atoms with van der Waals surface area (Å²) in [5.74, 6) is 0.281. The van der Waals surface area contributed by atoms with Crippen LogP contribution < -0.4 is 20.4 Å². The van der Waals surface area contributed by atoms with E-state index in [9.17, 15) is 23.6 Å². The fourth-order valence-electron chi connectivity index (χ4n) is 8.17. The molecule has 4 aliphatic rings. The van der Waals surface area contributed by atoms with Gasteiger partial charge < -0.3 is 24.9 Å². The molecule has 4 aliphatic heterocycles. The molecule has 0 spiro atoms. The third kappa shape index (κ3) is 6.59. The predicted molar refractivity (Wildman–Crippen MR) is 202 cm³/mol. The molecule has 3 saturated heterocycles. The van der Waals surface area contributed by atoms with E-state index in [0.29, 0.717) is 56.0 Å². The first-order valence-corrected chi connectivity index (χ1v) is 18.7. The Labute approximate surface area is 315 Å². The number of piperazine rings is 1. The molecule has 9 rings (SSSR count). The van der Waals surface area contributed by atoms with E-state index in [0.717, 1.165) is 53.5 Å². The first kappa shape index (κ1) is 34.4. The maximum Gasteiger partial charge on any atom is 0.255 e. The molecule has 0 aliphatic carbocycles. The van der Waals surface area contributed by atoms with Crippen LogP contribution in [-0.2, 0) is 20.9 Å². The SMILES string of the molecule is O=C1CCC(N2Cc3ccc(NCC(=O)N4CCN(c5cccc(-c6cnc7ccc(N8CCCC8c8cccc(F)c8)nn67)n5)CC4)cc3C2=O)C(=O)N1. The van der Waals surface area contributed by atoms with Gasteiger partial charge in [-0.25, -0.2) is 18.9 Å². The van der Waals surface area contributed by atoms with Crippen LogP contribution in [0.15, 0.2) is 79.0 Å². The second kappa shape index (κ2) is 14.1. The summed E-state index contributed by atoms with van der Waals surface area (Å²) in [6, 6.07) is 21.4. The summed E-state index contributed by atoms with van der Waals surface area (Å²) in [7, 11) is 0. The molecule has 2 N–H and O–H groups in total. The minimum Gasteiger partial charge on any atom is -0.376 e. The molecular formula is C40H39FN10O4. The van der Waals surface area contributed by atoms with E-state index < -0.39 is 11.9 Å². The number of carbonyl (C=O) groups excluding carboxylic acids is 4. The van der Waals surface area contributed by atoms with Crippen molar-refractivity contribution in [2.75, 3.05) is 54.4 Å². The number of halogens is 1. The Kier molecular flexibility index (Phi) is 8.83. The van der Waals surface area contributed by atoms with Gasteiger partial charge >= 0.3 is 0 Å². The molecule has 14 nitrogen and oxygen atoms in total. The molecule has 3 fully saturated rings. The molecule has 55 heavy (non-hydrogen) atoms. The Bertz CT molecular complexity index is 2340. The van der Waals surface area contributed by atoms with E-state index in [1.165, 1.54) is 11.0 Å². The molecule has 2 unspecified atom stereocenters. The van der Waals surface area contributed by atoms with Crippen molar-refractivity contribution in [2.45, 2.75) is 44.3 Å². The number of nitrogens with zero attached hydrogens (tertiary/aromatic N) is 8. The van der Waals surface area contributed by atoms with Crippen molar-refractivity contribution < 1.29 is 23.6 Å². The van der Waals surface area contributed by atoms with Gasteiger partial charge in [-0.2, -0.15) is 0 Å². The van der Waals surface area contributed by atoms with Crippen molar-refractivity contribution in [1.29, 1.82) is 0 Å². The van der Waals surface area contributed by atoms with Gasteiger partial charge in [0.05, 0.1) is 24.5 Å². The lowest BCUT2D eigenvalue weighted by atomic mass is 10.0. The van der Waals surface area contributed by atoms with Crippen molar-refractivity contribution >= 4 is 46.6 Å². The number of piperidine rings is 1. The zero-order chi connectivity index (χ0) is 37.6. The third-order valence-corrected chi connectivity index (χ3v) is 11.1. The van der Waals surface area contributed by atoms with E-state index in [1.54, 1.807) is 24.4 Å². The molecule has 7 heterocycles. The van der Waals surface area contributed by atoms with Crippen molar-refractivity contribution in [2.24, 2.45) is 0 Å². The van der Waals surface area contributed by atoms with Gasteiger partial charge in [0.2, 0.25) is 17.7 Å². The maximum atomic E-state index is 14.1. The molecule has 0 bridgehead atoms. The van der Waals surface area contributed by atoms with Crippen LogP contribution in [0.4, 0.5) is 21.7 Å². The molecule has 3 aromatic heterocycles. The fraction of sp³-hybridized carbons (Fsp3) is 0.325. The lowest BCUT2D eigenvalue weighted by molar-refractivity contribution is -0.137. The van der Waals surface area contributed by atoms with E-state index in [2.05, 4.69) is 25.4 Å². The van der Waals surface area contributed by atoms with Gasteiger partial charge in [0.15, 0.2) is 5.65 Å². The highest BCUT2D eigenvalue weighted by molar-refractivity contribution is 6.05. The molecule has 4 amide bonds. The molecule has 280 valence electrons. The minimum atomic E-state index is -0.675. The Hall–Kier alpha value is -6.38. The molecule has 2 aromatic carbocycles. The van der Waals surface area contributed by atoms with E-state index >= 15 is 0 Å². The molecule has 0 radical (unpaired) electrons. The average molecular weight is 743 g/mol. The topological polar surface area (TPSA) is 148 Å². The Morgan fingerprint density at radius 3 is 2.56 bits per heavy atom. The van der Waals surface area contributed by atoms with Crippen molar-refractivity contribution in [1.82, 2.24) is 34.7 Å². The van der Waals surface area contributed by atoms with Crippen LogP contribution in [0.1, 0.15) is 53.2 Å². The smallest absolute Gasteiger partial charge is 0.255 e. The molecule has 2 atom stereocenters. The number of imide groups is 1. The van der Waals surface area contributed by atoms with E-state index in [1.807, 2.05) is 57.9 Å². The van der Waals surface area contributed by atoms with Crippen LogP contribution in [0, 0.1) is 5.82 Å². The number of rotatable bonds is 8. The summed E-state index contributed by atoms with van der Waals surface area (Å²) in [6.45, 7) is 3.47. The van der Waals surface area contributed by atoms with Crippen LogP contribution >= 0.6 is 0 Å². The highest BCUT2D eigenvalue weighted by Crippen LogP contribution is 2.36. The first-order valence-electron chi connectivity index (χ1n) is 18.7. The summed E-state index contributed by atoms with van der Waals surface area (Å²) >= 11 is 0. The number of amides is 4. The predicted octanol–water partition coefficient (Wildman–Crippen LogP) is 3.79. The number of benzene rings is 2. The number of carbonyl (C=O) groups is 4. The zero-order valence-corrected chi connectivity index (χ0v) is 30.0.